The van der Waals surface area contributed by atoms with Gasteiger partial charge in [-0.1, -0.05) is 30.8 Å². The maximum atomic E-state index is 12.6. The minimum Gasteiger partial charge on any atom is -0.506 e. The number of piperazine rings is 1. The third-order valence-electron chi connectivity index (χ3n) is 5.83. The fourth-order valence-electron chi connectivity index (χ4n) is 3.98. The number of rotatable bonds is 5. The molecule has 2 aliphatic rings. The average molecular weight is 394 g/mol. The van der Waals surface area contributed by atoms with Gasteiger partial charge in [0, 0.05) is 45.3 Å². The predicted molar refractivity (Wildman–Crippen MR) is 113 cm³/mol. The molecule has 2 aromatic carbocycles. The summed E-state index contributed by atoms with van der Waals surface area (Å²) in [4.78, 5) is 30.1. The zero-order chi connectivity index (χ0) is 20.4. The van der Waals surface area contributed by atoms with E-state index >= 15 is 0 Å². The van der Waals surface area contributed by atoms with Crippen molar-refractivity contribution in [3.63, 3.8) is 0 Å². The largest absolute Gasteiger partial charge is 0.506 e. The Labute approximate surface area is 170 Å². The predicted octanol–water partition coefficient (Wildman–Crippen LogP) is 1.50. The van der Waals surface area contributed by atoms with Crippen LogP contribution < -0.4 is 5.32 Å². The van der Waals surface area contributed by atoms with E-state index in [9.17, 15) is 14.7 Å². The number of phenols is 1. The molecular formula is C22H26N4O3. The molecule has 0 unspecified atom stereocenters. The Morgan fingerprint density at radius 1 is 1.07 bits per heavy atom. The molecule has 2 saturated heterocycles. The maximum Gasteiger partial charge on any atom is 0.246 e. The smallest absolute Gasteiger partial charge is 0.246 e. The van der Waals surface area contributed by atoms with Crippen LogP contribution in [0.5, 0.6) is 5.75 Å². The average Bonchev–Trinajstić information content (AvgIpc) is 2.71. The standard InChI is InChI=1S/C22H26N4O3/c1-2-21(28)26-14-18(15-26)24-7-9-25(10-8-24)22(29)13-23-19-11-16-5-3-4-6-17(16)12-20(19)27/h2-6,11-12,18,23,27H,1,7-10,13-15H2. The van der Waals surface area contributed by atoms with Gasteiger partial charge in [0.1, 0.15) is 5.75 Å². The Balaban J connectivity index is 1.26. The minimum absolute atomic E-state index is 0.0157. The lowest BCUT2D eigenvalue weighted by Crippen LogP contribution is -2.64. The molecule has 2 aliphatic heterocycles. The molecule has 0 aromatic heterocycles. The van der Waals surface area contributed by atoms with Crippen molar-refractivity contribution in [2.24, 2.45) is 0 Å². The topological polar surface area (TPSA) is 76.1 Å². The summed E-state index contributed by atoms with van der Waals surface area (Å²) < 4.78 is 0. The number of nitrogens with zero attached hydrogens (tertiary/aromatic N) is 3. The van der Waals surface area contributed by atoms with Gasteiger partial charge in [0.25, 0.3) is 0 Å². The van der Waals surface area contributed by atoms with E-state index in [1.807, 2.05) is 35.2 Å². The highest BCUT2D eigenvalue weighted by Gasteiger charge is 2.35. The zero-order valence-corrected chi connectivity index (χ0v) is 16.4. The van der Waals surface area contributed by atoms with Gasteiger partial charge in [0.15, 0.2) is 0 Å². The number of aromatic hydroxyl groups is 1. The van der Waals surface area contributed by atoms with Crippen molar-refractivity contribution in [3.05, 3.63) is 49.1 Å². The number of fused-ring (bicyclic) bond motifs is 1. The fraction of sp³-hybridized carbons (Fsp3) is 0.364. The molecule has 2 N–H and O–H groups in total. The van der Waals surface area contributed by atoms with Crippen LogP contribution in [0.1, 0.15) is 0 Å². The van der Waals surface area contributed by atoms with E-state index in [-0.39, 0.29) is 24.1 Å². The summed E-state index contributed by atoms with van der Waals surface area (Å²) in [6, 6.07) is 11.7. The van der Waals surface area contributed by atoms with E-state index < -0.39 is 0 Å². The molecule has 4 rings (SSSR count). The van der Waals surface area contributed by atoms with E-state index in [4.69, 9.17) is 0 Å². The molecule has 29 heavy (non-hydrogen) atoms. The van der Waals surface area contributed by atoms with Gasteiger partial charge in [-0.15, -0.1) is 0 Å². The number of amides is 2. The number of likely N-dealkylation sites (tertiary alicyclic amines) is 1. The molecule has 2 amide bonds. The van der Waals surface area contributed by atoms with Crippen LogP contribution in [-0.2, 0) is 9.59 Å². The molecule has 0 radical (unpaired) electrons. The van der Waals surface area contributed by atoms with Crippen LogP contribution in [0.25, 0.3) is 10.8 Å². The number of hydrogen-bond acceptors (Lipinski definition) is 5. The Morgan fingerprint density at radius 2 is 1.72 bits per heavy atom. The van der Waals surface area contributed by atoms with Crippen LogP contribution in [0.3, 0.4) is 0 Å². The number of phenolic OH excluding ortho intramolecular Hbond substituents is 1. The quantitative estimate of drug-likeness (QED) is 0.594. The number of nitrogens with one attached hydrogen (secondary N) is 1. The fourth-order valence-corrected chi connectivity index (χ4v) is 3.98. The van der Waals surface area contributed by atoms with Crippen molar-refractivity contribution in [3.8, 4) is 5.75 Å². The summed E-state index contributed by atoms with van der Waals surface area (Å²) in [7, 11) is 0. The number of hydrogen-bond donors (Lipinski definition) is 2. The molecule has 0 atom stereocenters. The second-order valence-corrected chi connectivity index (χ2v) is 7.59. The Kier molecular flexibility index (Phi) is 5.40. The lowest BCUT2D eigenvalue weighted by Gasteiger charge is -2.47. The molecule has 2 heterocycles. The van der Waals surface area contributed by atoms with Crippen molar-refractivity contribution in [1.29, 1.82) is 0 Å². The molecule has 2 aromatic rings. The minimum atomic E-state index is -0.0157. The molecule has 0 aliphatic carbocycles. The lowest BCUT2D eigenvalue weighted by molar-refractivity contribution is -0.135. The van der Waals surface area contributed by atoms with Crippen molar-refractivity contribution < 1.29 is 14.7 Å². The van der Waals surface area contributed by atoms with Crippen molar-refractivity contribution in [2.45, 2.75) is 6.04 Å². The molecule has 7 heteroatoms. The van der Waals surface area contributed by atoms with Crippen LogP contribution >= 0.6 is 0 Å². The highest BCUT2D eigenvalue weighted by molar-refractivity contribution is 5.90. The highest BCUT2D eigenvalue weighted by Crippen LogP contribution is 2.29. The van der Waals surface area contributed by atoms with Gasteiger partial charge >= 0.3 is 0 Å². The van der Waals surface area contributed by atoms with Crippen LogP contribution in [0.15, 0.2) is 49.1 Å². The Bertz CT molecular complexity index is 931. The number of anilines is 1. The van der Waals surface area contributed by atoms with Gasteiger partial charge in [-0.25, -0.2) is 0 Å². The van der Waals surface area contributed by atoms with Crippen LogP contribution in [0, 0.1) is 0 Å². The first-order chi connectivity index (χ1) is 14.0. The summed E-state index contributed by atoms with van der Waals surface area (Å²) in [5.41, 5.74) is 0.567. The van der Waals surface area contributed by atoms with Crippen LogP contribution in [-0.4, -0.2) is 83.5 Å². The van der Waals surface area contributed by atoms with E-state index in [1.165, 1.54) is 6.08 Å². The van der Waals surface area contributed by atoms with Gasteiger partial charge in [0.2, 0.25) is 11.8 Å². The van der Waals surface area contributed by atoms with E-state index in [0.717, 1.165) is 37.0 Å². The molecule has 0 bridgehead atoms. The third kappa shape index (κ3) is 4.05. The first-order valence-electron chi connectivity index (χ1n) is 9.94. The number of carbonyl (C=O) groups is 2. The van der Waals surface area contributed by atoms with Crippen molar-refractivity contribution in [1.82, 2.24) is 14.7 Å². The summed E-state index contributed by atoms with van der Waals surface area (Å²) >= 11 is 0. The van der Waals surface area contributed by atoms with E-state index in [0.29, 0.717) is 24.8 Å². The summed E-state index contributed by atoms with van der Waals surface area (Å²) in [5.74, 6) is 0.150. The van der Waals surface area contributed by atoms with Crippen LogP contribution in [0.2, 0.25) is 0 Å². The molecule has 152 valence electrons. The highest BCUT2D eigenvalue weighted by atomic mass is 16.3. The summed E-state index contributed by atoms with van der Waals surface area (Å²) in [6.45, 7) is 8.12. The molecule has 7 nitrogen and oxygen atoms in total. The zero-order valence-electron chi connectivity index (χ0n) is 16.4. The second kappa shape index (κ2) is 8.13. The molecule has 0 saturated carbocycles. The van der Waals surface area contributed by atoms with Gasteiger partial charge in [-0.05, 0) is 29.0 Å². The van der Waals surface area contributed by atoms with Gasteiger partial charge in [-0.2, -0.15) is 0 Å². The van der Waals surface area contributed by atoms with Crippen molar-refractivity contribution in [2.75, 3.05) is 51.1 Å². The second-order valence-electron chi connectivity index (χ2n) is 7.59. The number of carbonyl (C=O) groups excluding carboxylic acids is 2. The molecule has 2 fully saturated rings. The lowest BCUT2D eigenvalue weighted by atomic mass is 10.1. The Hall–Kier alpha value is -3.06. The van der Waals surface area contributed by atoms with Gasteiger partial charge in [0.05, 0.1) is 12.2 Å². The monoisotopic (exact) mass is 394 g/mol. The van der Waals surface area contributed by atoms with Gasteiger partial charge in [-0.3, -0.25) is 14.5 Å². The van der Waals surface area contributed by atoms with Crippen molar-refractivity contribution >= 4 is 28.3 Å². The SMILES string of the molecule is C=CC(=O)N1CC(N2CCN(C(=O)CNc3cc4ccccc4cc3O)CC2)C1. The Morgan fingerprint density at radius 3 is 2.38 bits per heavy atom. The maximum absolute atomic E-state index is 12.6. The molecule has 0 spiro atoms. The van der Waals surface area contributed by atoms with E-state index in [1.54, 1.807) is 11.0 Å². The first kappa shape index (κ1) is 19.3. The summed E-state index contributed by atoms with van der Waals surface area (Å²) in [5, 5.41) is 15.3. The van der Waals surface area contributed by atoms with Crippen LogP contribution in [0.4, 0.5) is 5.69 Å². The van der Waals surface area contributed by atoms with E-state index in [2.05, 4.69) is 16.8 Å². The number of benzene rings is 2. The summed E-state index contributed by atoms with van der Waals surface area (Å²) in [6.07, 6.45) is 1.35. The third-order valence-corrected chi connectivity index (χ3v) is 5.83. The van der Waals surface area contributed by atoms with Gasteiger partial charge < -0.3 is 20.2 Å². The normalized spacial score (nSPS) is 17.8. The molecular weight excluding hydrogens is 368 g/mol. The first-order valence-corrected chi connectivity index (χ1v) is 9.94.